The van der Waals surface area contributed by atoms with E-state index in [4.69, 9.17) is 9.05 Å². The Kier molecular flexibility index (Phi) is 44.0. The average molecular weight is 1030 g/mol. The summed E-state index contributed by atoms with van der Waals surface area (Å²) in [6, 6.07) is -1.15. The number of carbonyl (C=O) groups excluding carboxylic acids is 1. The predicted octanol–water partition coefficient (Wildman–Crippen LogP) is 12.3. The fourth-order valence-corrected chi connectivity index (χ4v) is 10.5. The van der Waals surface area contributed by atoms with Gasteiger partial charge in [0.1, 0.15) is 36.6 Å². The summed E-state index contributed by atoms with van der Waals surface area (Å²) in [6.45, 7) is 3.65. The van der Waals surface area contributed by atoms with Crippen LogP contribution in [-0.4, -0.2) is 108 Å². The van der Waals surface area contributed by atoms with Crippen LogP contribution in [0.4, 0.5) is 0 Å². The number of phosphoric acid groups is 1. The summed E-state index contributed by atoms with van der Waals surface area (Å²) in [5.41, 5.74) is 0. The lowest BCUT2D eigenvalue weighted by molar-refractivity contribution is -0.220. The maximum Gasteiger partial charge on any atom is 0.472 e. The summed E-state index contributed by atoms with van der Waals surface area (Å²) in [5.74, 6) is -0.567. The number of nitrogens with one attached hydrogen (secondary N) is 1. The lowest BCUT2D eigenvalue weighted by Gasteiger charge is -2.41. The molecule has 0 spiro atoms. The Morgan fingerprint density at radius 2 is 0.831 bits per heavy atom. The monoisotopic (exact) mass is 1030 g/mol. The quantitative estimate of drug-likeness (QED) is 0.0158. The van der Waals surface area contributed by atoms with E-state index in [1.165, 1.54) is 180 Å². The number of phosphoric ester groups is 1. The second-order valence-corrected chi connectivity index (χ2v) is 22.4. The molecule has 8 atom stereocenters. The van der Waals surface area contributed by atoms with Gasteiger partial charge in [0.25, 0.3) is 0 Å². The summed E-state index contributed by atoms with van der Waals surface area (Å²) in [5, 5.41) is 74.1. The van der Waals surface area contributed by atoms with Gasteiger partial charge in [-0.2, -0.15) is 0 Å². The Bertz CT molecular complexity index is 1310. The highest BCUT2D eigenvalue weighted by molar-refractivity contribution is 7.47. The number of amides is 1. The zero-order valence-corrected chi connectivity index (χ0v) is 46.0. The normalized spacial score (nSPS) is 21.8. The fourth-order valence-electron chi connectivity index (χ4n) is 9.57. The molecule has 0 aromatic rings. The van der Waals surface area contributed by atoms with Crippen molar-refractivity contribution in [1.29, 1.82) is 0 Å². The third-order valence-corrected chi connectivity index (χ3v) is 15.3. The van der Waals surface area contributed by atoms with Crippen molar-refractivity contribution >= 4 is 13.7 Å². The van der Waals surface area contributed by atoms with Gasteiger partial charge in [-0.25, -0.2) is 4.57 Å². The number of rotatable bonds is 50. The van der Waals surface area contributed by atoms with Crippen LogP contribution in [0.15, 0.2) is 24.3 Å². The maximum absolute atomic E-state index is 12.9. The first-order chi connectivity index (χ1) is 34.3. The van der Waals surface area contributed by atoms with Gasteiger partial charge in [-0.05, 0) is 44.9 Å². The molecule has 1 aliphatic rings. The number of unbranched alkanes of at least 4 members (excludes halogenated alkanes) is 33. The van der Waals surface area contributed by atoms with Crippen LogP contribution in [0.2, 0.25) is 0 Å². The van der Waals surface area contributed by atoms with Crippen LogP contribution in [0, 0.1) is 0 Å². The van der Waals surface area contributed by atoms with Crippen LogP contribution < -0.4 is 5.32 Å². The number of aliphatic hydroxyl groups is 7. The highest BCUT2D eigenvalue weighted by Gasteiger charge is 2.51. The van der Waals surface area contributed by atoms with Crippen LogP contribution in [0.25, 0.3) is 0 Å². The zero-order chi connectivity index (χ0) is 52.2. The molecule has 13 nitrogen and oxygen atoms in total. The van der Waals surface area contributed by atoms with Crippen LogP contribution in [-0.2, 0) is 18.4 Å². The van der Waals surface area contributed by atoms with Gasteiger partial charge in [-0.3, -0.25) is 13.8 Å². The largest absolute Gasteiger partial charge is 0.472 e. The molecule has 0 saturated heterocycles. The van der Waals surface area contributed by atoms with E-state index in [9.17, 15) is 50.0 Å². The van der Waals surface area contributed by atoms with Gasteiger partial charge in [0.15, 0.2) is 0 Å². The molecule has 71 heavy (non-hydrogen) atoms. The molecule has 1 fully saturated rings. The number of carbonyl (C=O) groups is 1. The minimum atomic E-state index is -5.10. The topological polar surface area (TPSA) is 226 Å². The summed E-state index contributed by atoms with van der Waals surface area (Å²) >= 11 is 0. The van der Waals surface area contributed by atoms with E-state index in [1.54, 1.807) is 0 Å². The van der Waals surface area contributed by atoms with Crippen LogP contribution >= 0.6 is 7.82 Å². The van der Waals surface area contributed by atoms with E-state index in [-0.39, 0.29) is 12.8 Å². The van der Waals surface area contributed by atoms with Crippen LogP contribution in [0.3, 0.4) is 0 Å². The van der Waals surface area contributed by atoms with E-state index in [0.717, 1.165) is 51.4 Å². The molecule has 1 saturated carbocycles. The highest BCUT2D eigenvalue weighted by Crippen LogP contribution is 2.47. The number of allylic oxidation sites excluding steroid dienone is 4. The smallest absolute Gasteiger partial charge is 0.393 e. The van der Waals surface area contributed by atoms with Crippen LogP contribution in [0.1, 0.15) is 271 Å². The molecule has 420 valence electrons. The van der Waals surface area contributed by atoms with Crippen molar-refractivity contribution in [3.05, 3.63) is 24.3 Å². The zero-order valence-electron chi connectivity index (χ0n) is 45.2. The SMILES string of the molecule is CCCCCCCCCCCCCCCCC/C=C\C/C=C\CCCCCCCCCCCCCCCCCC(O)CC(=O)NC(COP(=O)(O)OC1C(O)C(O)C(O)C(O)C1O)C(O)CCCCCC. The molecule has 1 amide bonds. The summed E-state index contributed by atoms with van der Waals surface area (Å²) in [6.07, 6.45) is 42.5. The van der Waals surface area contributed by atoms with Gasteiger partial charge in [0.05, 0.1) is 31.3 Å². The molecule has 0 radical (unpaired) electrons. The molecule has 0 aromatic carbocycles. The molecule has 0 aliphatic heterocycles. The Morgan fingerprint density at radius 3 is 1.24 bits per heavy atom. The fraction of sp³-hybridized carbons (Fsp3) is 0.912. The first kappa shape index (κ1) is 67.8. The molecule has 14 heteroatoms. The van der Waals surface area contributed by atoms with Crippen molar-refractivity contribution in [2.75, 3.05) is 6.61 Å². The second-order valence-electron chi connectivity index (χ2n) is 21.0. The van der Waals surface area contributed by atoms with Crippen molar-refractivity contribution in [2.45, 2.75) is 326 Å². The van der Waals surface area contributed by atoms with Crippen LogP contribution in [0.5, 0.6) is 0 Å². The van der Waals surface area contributed by atoms with Crippen molar-refractivity contribution in [3.8, 4) is 0 Å². The number of hydrogen-bond acceptors (Lipinski definition) is 11. The number of aliphatic hydroxyl groups excluding tert-OH is 7. The van der Waals surface area contributed by atoms with E-state index in [0.29, 0.717) is 12.8 Å². The van der Waals surface area contributed by atoms with Crippen molar-refractivity contribution in [1.82, 2.24) is 5.32 Å². The van der Waals surface area contributed by atoms with Gasteiger partial charge in [-0.1, -0.05) is 244 Å². The molecule has 0 heterocycles. The van der Waals surface area contributed by atoms with Gasteiger partial charge >= 0.3 is 7.82 Å². The standard InChI is InChI=1S/C57H110NO12P/c1-3-5-7-9-10-11-12-13-14-15-16-17-18-19-20-21-22-23-24-25-26-27-28-29-30-31-32-33-34-35-36-37-38-39-40-41-42-44-48(59)46-51(61)58-49(50(60)45-43-8-6-4-2)47-69-71(67,68)70-57-55(65)53(63)52(62)54(64)56(57)66/h22-23,25-26,48-50,52-57,59-60,62-66H,3-21,24,27-47H2,1-2H3,(H,58,61)(H,67,68)/b23-22-,26-25-. The minimum Gasteiger partial charge on any atom is -0.393 e. The molecule has 0 bridgehead atoms. The van der Waals surface area contributed by atoms with E-state index in [1.807, 2.05) is 6.92 Å². The predicted molar refractivity (Wildman–Crippen MR) is 289 cm³/mol. The van der Waals surface area contributed by atoms with Crippen molar-refractivity contribution < 1.29 is 59.0 Å². The van der Waals surface area contributed by atoms with E-state index in [2.05, 4.69) is 36.5 Å². The molecule has 8 unspecified atom stereocenters. The average Bonchev–Trinajstić information content (AvgIpc) is 3.35. The molecular weight excluding hydrogens is 922 g/mol. The third kappa shape index (κ3) is 37.2. The van der Waals surface area contributed by atoms with E-state index >= 15 is 0 Å². The first-order valence-corrected chi connectivity index (χ1v) is 30.9. The van der Waals surface area contributed by atoms with Gasteiger partial charge in [-0.15, -0.1) is 0 Å². The maximum atomic E-state index is 12.9. The summed E-state index contributed by atoms with van der Waals surface area (Å²) in [7, 11) is -5.10. The molecular formula is C57H110NO12P. The Labute approximate surface area is 433 Å². The third-order valence-electron chi connectivity index (χ3n) is 14.3. The molecule has 0 aromatic heterocycles. The van der Waals surface area contributed by atoms with Crippen molar-refractivity contribution in [2.24, 2.45) is 0 Å². The van der Waals surface area contributed by atoms with Crippen molar-refractivity contribution in [3.63, 3.8) is 0 Å². The molecule has 9 N–H and O–H groups in total. The van der Waals surface area contributed by atoms with Gasteiger partial charge < -0.3 is 46.0 Å². The summed E-state index contributed by atoms with van der Waals surface area (Å²) < 4.78 is 22.7. The Morgan fingerprint density at radius 1 is 0.493 bits per heavy atom. The van der Waals surface area contributed by atoms with E-state index < -0.39 is 75.2 Å². The lowest BCUT2D eigenvalue weighted by Crippen LogP contribution is -2.64. The lowest BCUT2D eigenvalue weighted by atomic mass is 9.85. The molecule has 1 rings (SSSR count). The second kappa shape index (κ2) is 46.1. The number of hydrogen-bond donors (Lipinski definition) is 9. The highest BCUT2D eigenvalue weighted by atomic mass is 31.2. The van der Waals surface area contributed by atoms with Gasteiger partial charge in [0.2, 0.25) is 5.91 Å². The first-order valence-electron chi connectivity index (χ1n) is 29.4. The summed E-state index contributed by atoms with van der Waals surface area (Å²) in [4.78, 5) is 23.3. The Balaban J connectivity index is 2.03. The molecule has 1 aliphatic carbocycles. The Hall–Kier alpha value is -1.22. The minimum absolute atomic E-state index is 0.222. The van der Waals surface area contributed by atoms with Gasteiger partial charge in [0, 0.05) is 0 Å².